The van der Waals surface area contributed by atoms with Crippen molar-refractivity contribution in [2.45, 2.75) is 38.0 Å². The lowest BCUT2D eigenvalue weighted by Crippen LogP contribution is -2.48. The van der Waals surface area contributed by atoms with Crippen LogP contribution in [0.15, 0.2) is 121 Å². The molecule has 6 heteroatoms. The van der Waals surface area contributed by atoms with E-state index in [-0.39, 0.29) is 24.1 Å². The minimum atomic E-state index is -0.464. The molecule has 0 aliphatic heterocycles. The lowest BCUT2D eigenvalue weighted by Gasteiger charge is -2.40. The van der Waals surface area contributed by atoms with Crippen LogP contribution in [0.1, 0.15) is 60.3 Å². The summed E-state index contributed by atoms with van der Waals surface area (Å²) in [5.41, 5.74) is 3.90. The number of carbonyl (C=O) groups is 2. The van der Waals surface area contributed by atoms with E-state index in [1.807, 2.05) is 135 Å². The highest BCUT2D eigenvalue weighted by Gasteiger charge is 2.36. The largest absolute Gasteiger partial charge is 0.331 e. The third kappa shape index (κ3) is 6.89. The van der Waals surface area contributed by atoms with Gasteiger partial charge in [0.2, 0.25) is 0 Å². The normalized spacial score (nSPS) is 13.8. The number of amides is 4. The number of carbonyl (C=O) groups excluding carboxylic acids is 2. The molecule has 206 valence electrons. The Morgan fingerprint density at radius 1 is 0.475 bits per heavy atom. The zero-order valence-corrected chi connectivity index (χ0v) is 23.6. The lowest BCUT2D eigenvalue weighted by molar-refractivity contribution is 0.127. The van der Waals surface area contributed by atoms with Crippen molar-refractivity contribution in [1.82, 2.24) is 20.4 Å². The molecule has 4 atom stereocenters. The first-order valence-corrected chi connectivity index (χ1v) is 13.6. The molecule has 0 bridgehead atoms. The van der Waals surface area contributed by atoms with Gasteiger partial charge in [0.25, 0.3) is 0 Å². The molecule has 0 saturated carbocycles. The zero-order chi connectivity index (χ0) is 28.5. The molecule has 40 heavy (non-hydrogen) atoms. The molecule has 4 aromatic rings. The molecular formula is C34H38N4O2. The summed E-state index contributed by atoms with van der Waals surface area (Å²) < 4.78 is 0. The van der Waals surface area contributed by atoms with Crippen LogP contribution in [0.5, 0.6) is 0 Å². The summed E-state index contributed by atoms with van der Waals surface area (Å²) in [5, 5.41) is 6.28. The van der Waals surface area contributed by atoms with Crippen molar-refractivity contribution in [1.29, 1.82) is 0 Å². The molecule has 0 aliphatic rings. The van der Waals surface area contributed by atoms with Crippen molar-refractivity contribution >= 4 is 12.1 Å². The van der Waals surface area contributed by atoms with Crippen LogP contribution in [0.4, 0.5) is 9.59 Å². The van der Waals surface area contributed by atoms with Gasteiger partial charge in [0.05, 0.1) is 24.2 Å². The number of rotatable bonds is 9. The van der Waals surface area contributed by atoms with E-state index in [9.17, 15) is 9.59 Å². The summed E-state index contributed by atoms with van der Waals surface area (Å²) in [6.07, 6.45) is 0. The van der Waals surface area contributed by atoms with Gasteiger partial charge in [-0.1, -0.05) is 121 Å². The third-order valence-corrected chi connectivity index (χ3v) is 7.34. The third-order valence-electron chi connectivity index (χ3n) is 7.34. The monoisotopic (exact) mass is 534 g/mol. The van der Waals surface area contributed by atoms with Crippen LogP contribution in [0.2, 0.25) is 0 Å². The summed E-state index contributed by atoms with van der Waals surface area (Å²) in [4.78, 5) is 30.9. The van der Waals surface area contributed by atoms with E-state index >= 15 is 0 Å². The Hall–Kier alpha value is -4.58. The molecule has 0 saturated heterocycles. The predicted molar refractivity (Wildman–Crippen MR) is 161 cm³/mol. The van der Waals surface area contributed by atoms with Gasteiger partial charge >= 0.3 is 12.1 Å². The molecule has 4 amide bonds. The number of nitrogens with zero attached hydrogens (tertiary/aromatic N) is 2. The van der Waals surface area contributed by atoms with E-state index < -0.39 is 12.1 Å². The van der Waals surface area contributed by atoms with Crippen LogP contribution in [-0.2, 0) is 0 Å². The topological polar surface area (TPSA) is 64.7 Å². The molecule has 0 unspecified atom stereocenters. The fourth-order valence-corrected chi connectivity index (χ4v) is 5.01. The smallest absolute Gasteiger partial charge is 0.318 e. The van der Waals surface area contributed by atoms with Crippen molar-refractivity contribution < 1.29 is 9.59 Å². The van der Waals surface area contributed by atoms with Crippen molar-refractivity contribution in [3.63, 3.8) is 0 Å². The van der Waals surface area contributed by atoms with Gasteiger partial charge in [-0.25, -0.2) is 9.59 Å². The second-order valence-corrected chi connectivity index (χ2v) is 10.1. The average molecular weight is 535 g/mol. The van der Waals surface area contributed by atoms with Gasteiger partial charge in [-0.3, -0.25) is 0 Å². The number of likely N-dealkylation sites (N-methyl/N-ethyl adjacent to an activating group) is 2. The van der Waals surface area contributed by atoms with Gasteiger partial charge in [-0.05, 0) is 36.1 Å². The fraction of sp³-hybridized carbons (Fsp3) is 0.235. The van der Waals surface area contributed by atoms with Crippen molar-refractivity contribution in [2.75, 3.05) is 14.1 Å². The molecule has 0 aromatic heterocycles. The van der Waals surface area contributed by atoms with Crippen molar-refractivity contribution in [3.8, 4) is 0 Å². The molecule has 0 radical (unpaired) electrons. The van der Waals surface area contributed by atoms with Crippen LogP contribution in [0, 0.1) is 0 Å². The summed E-state index contributed by atoms with van der Waals surface area (Å²) in [7, 11) is 3.58. The van der Waals surface area contributed by atoms with Crippen LogP contribution >= 0.6 is 0 Å². The van der Waals surface area contributed by atoms with E-state index in [0.717, 1.165) is 22.3 Å². The molecule has 4 rings (SSSR count). The van der Waals surface area contributed by atoms with Crippen LogP contribution in [0.25, 0.3) is 0 Å². The van der Waals surface area contributed by atoms with Gasteiger partial charge in [-0.2, -0.15) is 0 Å². The quantitative estimate of drug-likeness (QED) is 0.237. The van der Waals surface area contributed by atoms with E-state index in [0.29, 0.717) is 0 Å². The Balaban J connectivity index is 1.67. The van der Waals surface area contributed by atoms with Gasteiger partial charge in [0.1, 0.15) is 0 Å². The SMILES string of the molecule is C[C@H](NC(=O)N(C)[C@H](c1ccccc1)[C@@H](c1ccccc1)N(C)C(=O)N[C@@H](C)c1ccccc1)c1ccccc1. The number of hydrogen-bond acceptors (Lipinski definition) is 2. The highest BCUT2D eigenvalue weighted by atomic mass is 16.2. The van der Waals surface area contributed by atoms with Crippen molar-refractivity contribution in [3.05, 3.63) is 144 Å². The maximum atomic E-state index is 13.7. The second kappa shape index (κ2) is 13.5. The molecule has 2 N–H and O–H groups in total. The van der Waals surface area contributed by atoms with E-state index in [2.05, 4.69) is 10.6 Å². The summed E-state index contributed by atoms with van der Waals surface area (Å²) >= 11 is 0. The van der Waals surface area contributed by atoms with Gasteiger partial charge in [0.15, 0.2) is 0 Å². The maximum Gasteiger partial charge on any atom is 0.318 e. The molecule has 6 nitrogen and oxygen atoms in total. The number of nitrogens with one attached hydrogen (secondary N) is 2. The van der Waals surface area contributed by atoms with E-state index in [4.69, 9.17) is 0 Å². The molecule has 4 aromatic carbocycles. The minimum absolute atomic E-state index is 0.185. The van der Waals surface area contributed by atoms with Crippen molar-refractivity contribution in [2.24, 2.45) is 0 Å². The van der Waals surface area contributed by atoms with Gasteiger partial charge in [-0.15, -0.1) is 0 Å². The number of hydrogen-bond donors (Lipinski definition) is 2. The first kappa shape index (κ1) is 28.4. The Bertz CT molecular complexity index is 1240. The number of urea groups is 2. The van der Waals surface area contributed by atoms with E-state index in [1.54, 1.807) is 23.9 Å². The number of benzene rings is 4. The highest BCUT2D eigenvalue weighted by Crippen LogP contribution is 2.38. The molecule has 0 fully saturated rings. The fourth-order valence-electron chi connectivity index (χ4n) is 5.01. The standard InChI is InChI=1S/C34H38N4O2/c1-25(27-17-9-5-10-18-27)35-33(39)37(3)31(29-21-13-7-14-22-29)32(30-23-15-8-16-24-30)38(4)34(40)36-26(2)28-19-11-6-12-20-28/h5-26,31-32H,1-4H3,(H,35,39)(H,36,40)/t25-,26-,31+,32+/m0/s1. The van der Waals surface area contributed by atoms with Crippen LogP contribution < -0.4 is 10.6 Å². The average Bonchev–Trinajstić information content (AvgIpc) is 3.00. The Morgan fingerprint density at radius 2 is 0.725 bits per heavy atom. The first-order valence-electron chi connectivity index (χ1n) is 13.6. The molecular weight excluding hydrogens is 496 g/mol. The van der Waals surface area contributed by atoms with Crippen LogP contribution in [-0.4, -0.2) is 36.0 Å². The molecule has 0 heterocycles. The van der Waals surface area contributed by atoms with Gasteiger partial charge in [0, 0.05) is 14.1 Å². The second-order valence-electron chi connectivity index (χ2n) is 10.1. The summed E-state index contributed by atoms with van der Waals surface area (Å²) in [6, 6.07) is 37.8. The zero-order valence-electron chi connectivity index (χ0n) is 23.6. The maximum absolute atomic E-state index is 13.7. The molecule has 0 aliphatic carbocycles. The summed E-state index contributed by atoms with van der Waals surface area (Å²) in [5.74, 6) is 0. The lowest BCUT2D eigenvalue weighted by atomic mass is 9.91. The summed E-state index contributed by atoms with van der Waals surface area (Å²) in [6.45, 7) is 3.94. The highest BCUT2D eigenvalue weighted by molar-refractivity contribution is 5.77. The Morgan fingerprint density at radius 3 is 1.00 bits per heavy atom. The Kier molecular flexibility index (Phi) is 9.57. The van der Waals surface area contributed by atoms with Gasteiger partial charge < -0.3 is 20.4 Å². The first-order chi connectivity index (χ1) is 19.4. The predicted octanol–water partition coefficient (Wildman–Crippen LogP) is 7.27. The minimum Gasteiger partial charge on any atom is -0.331 e. The Labute approximate surface area is 237 Å². The van der Waals surface area contributed by atoms with E-state index in [1.165, 1.54) is 0 Å². The molecule has 0 spiro atoms. The van der Waals surface area contributed by atoms with Crippen LogP contribution in [0.3, 0.4) is 0 Å².